The van der Waals surface area contributed by atoms with Crippen molar-refractivity contribution in [1.82, 2.24) is 18.9 Å². The first-order valence-electron chi connectivity index (χ1n) is 9.28. The molecule has 0 aliphatic carbocycles. The molecule has 0 saturated carbocycles. The molecule has 0 unspecified atom stereocenters. The summed E-state index contributed by atoms with van der Waals surface area (Å²) in [4.78, 5) is 11.8. The summed E-state index contributed by atoms with van der Waals surface area (Å²) in [5.41, 5.74) is 2.24. The van der Waals surface area contributed by atoms with E-state index in [2.05, 4.69) is 15.5 Å². The first-order valence-corrected chi connectivity index (χ1v) is 10.7. The van der Waals surface area contributed by atoms with Crippen molar-refractivity contribution in [2.75, 3.05) is 11.9 Å². The Kier molecular flexibility index (Phi) is 3.95. The average Bonchev–Trinajstić information content (AvgIpc) is 3.34. The minimum Gasteiger partial charge on any atom is -0.326 e. The smallest absolute Gasteiger partial charge is 0.243 e. The molecule has 1 fully saturated rings. The molecule has 3 aromatic rings. The summed E-state index contributed by atoms with van der Waals surface area (Å²) in [5.74, 6) is 0.600. The maximum atomic E-state index is 13.4. The van der Waals surface area contributed by atoms with Gasteiger partial charge in [-0.1, -0.05) is 6.07 Å². The summed E-state index contributed by atoms with van der Waals surface area (Å²) in [6.07, 6.45) is 4.25. The molecular formula is C19H19N5O3S. The van der Waals surface area contributed by atoms with Crippen LogP contribution in [-0.2, 0) is 21.2 Å². The number of benzene rings is 1. The van der Waals surface area contributed by atoms with E-state index in [0.29, 0.717) is 43.0 Å². The number of hydrogen-bond donors (Lipinski definition) is 1. The van der Waals surface area contributed by atoms with Crippen LogP contribution < -0.4 is 5.32 Å². The van der Waals surface area contributed by atoms with Gasteiger partial charge in [-0.15, -0.1) is 10.2 Å². The normalized spacial score (nSPS) is 20.3. The van der Waals surface area contributed by atoms with Crippen LogP contribution in [0.2, 0.25) is 0 Å². The molecule has 28 heavy (non-hydrogen) atoms. The number of aryl methyl sites for hydroxylation is 1. The van der Waals surface area contributed by atoms with E-state index in [1.165, 1.54) is 4.31 Å². The zero-order valence-corrected chi connectivity index (χ0v) is 15.9. The summed E-state index contributed by atoms with van der Waals surface area (Å²) < 4.78 is 30.2. The van der Waals surface area contributed by atoms with Gasteiger partial charge in [-0.25, -0.2) is 8.42 Å². The number of pyridine rings is 1. The molecule has 1 N–H and O–H groups in total. The maximum Gasteiger partial charge on any atom is 0.243 e. The predicted molar refractivity (Wildman–Crippen MR) is 102 cm³/mol. The lowest BCUT2D eigenvalue weighted by atomic mass is 10.0. The van der Waals surface area contributed by atoms with Crippen molar-refractivity contribution in [2.24, 2.45) is 0 Å². The van der Waals surface area contributed by atoms with Crippen molar-refractivity contribution >= 4 is 27.3 Å². The topological polar surface area (TPSA) is 96.7 Å². The first-order chi connectivity index (χ1) is 13.5. The third-order valence-corrected chi connectivity index (χ3v) is 7.32. The molecule has 0 spiro atoms. The second-order valence-electron chi connectivity index (χ2n) is 7.13. The molecule has 2 aliphatic rings. The van der Waals surface area contributed by atoms with E-state index < -0.39 is 10.0 Å². The molecule has 1 aromatic carbocycles. The van der Waals surface area contributed by atoms with E-state index in [0.717, 1.165) is 12.0 Å². The van der Waals surface area contributed by atoms with E-state index >= 15 is 0 Å². The van der Waals surface area contributed by atoms with E-state index in [-0.39, 0.29) is 16.8 Å². The highest BCUT2D eigenvalue weighted by Crippen LogP contribution is 2.37. The Bertz CT molecular complexity index is 1190. The quantitative estimate of drug-likeness (QED) is 0.730. The Balaban J connectivity index is 1.53. The molecule has 1 saturated heterocycles. The van der Waals surface area contributed by atoms with Crippen molar-refractivity contribution in [2.45, 2.75) is 36.6 Å². The van der Waals surface area contributed by atoms with Gasteiger partial charge in [0, 0.05) is 24.8 Å². The van der Waals surface area contributed by atoms with Gasteiger partial charge in [0.05, 0.1) is 10.9 Å². The standard InChI is InChI=1S/C19H19N5O3S/c25-18-9-6-13-12-14(7-8-15(13)20-18)28(26,27)24-11-3-4-16(24)19-22-21-17-5-1-2-10-23(17)19/h1-2,5,7-8,10,12,16H,3-4,6,9,11H2,(H,20,25)/t16-/m1/s1. The molecule has 9 heteroatoms. The average molecular weight is 397 g/mol. The highest BCUT2D eigenvalue weighted by molar-refractivity contribution is 7.89. The lowest BCUT2D eigenvalue weighted by Crippen LogP contribution is -2.32. The fraction of sp³-hybridized carbons (Fsp3) is 0.316. The van der Waals surface area contributed by atoms with Crippen LogP contribution in [0, 0.1) is 0 Å². The minimum absolute atomic E-state index is 0.0404. The zero-order chi connectivity index (χ0) is 19.3. The fourth-order valence-electron chi connectivity index (χ4n) is 4.03. The Hall–Kier alpha value is -2.78. The van der Waals surface area contributed by atoms with Gasteiger partial charge >= 0.3 is 0 Å². The molecular weight excluding hydrogens is 378 g/mol. The van der Waals surface area contributed by atoms with E-state index in [1.54, 1.807) is 18.2 Å². The van der Waals surface area contributed by atoms with Crippen LogP contribution >= 0.6 is 0 Å². The molecule has 2 aliphatic heterocycles. The van der Waals surface area contributed by atoms with Gasteiger partial charge in [0.2, 0.25) is 15.9 Å². The third kappa shape index (κ3) is 2.70. The largest absolute Gasteiger partial charge is 0.326 e. The SMILES string of the molecule is O=C1CCc2cc(S(=O)(=O)N3CCC[C@@H]3c3nnc4ccccn34)ccc2N1. The Morgan fingerprint density at radius 2 is 2.00 bits per heavy atom. The Morgan fingerprint density at radius 1 is 1.11 bits per heavy atom. The number of amides is 1. The number of nitrogens with one attached hydrogen (secondary N) is 1. The number of fused-ring (bicyclic) bond motifs is 2. The van der Waals surface area contributed by atoms with Crippen LogP contribution in [0.15, 0.2) is 47.5 Å². The summed E-state index contributed by atoms with van der Waals surface area (Å²) in [7, 11) is -3.69. The van der Waals surface area contributed by atoms with E-state index in [4.69, 9.17) is 0 Å². The van der Waals surface area contributed by atoms with Gasteiger partial charge in [0.15, 0.2) is 11.5 Å². The number of anilines is 1. The number of nitrogens with zero attached hydrogens (tertiary/aromatic N) is 4. The van der Waals surface area contributed by atoms with Gasteiger partial charge in [0.25, 0.3) is 0 Å². The predicted octanol–water partition coefficient (Wildman–Crippen LogP) is 2.14. The molecule has 0 bridgehead atoms. The number of sulfonamides is 1. The summed E-state index contributed by atoms with van der Waals surface area (Å²) in [5, 5.41) is 11.2. The van der Waals surface area contributed by atoms with Gasteiger partial charge in [-0.3, -0.25) is 9.20 Å². The van der Waals surface area contributed by atoms with Gasteiger partial charge < -0.3 is 5.32 Å². The molecule has 144 valence electrons. The number of carbonyl (C=O) groups is 1. The van der Waals surface area contributed by atoms with Gasteiger partial charge in [-0.05, 0) is 55.2 Å². The summed E-state index contributed by atoms with van der Waals surface area (Å²) in [6, 6.07) is 10.2. The number of hydrogen-bond acceptors (Lipinski definition) is 5. The van der Waals surface area contributed by atoms with Crippen LogP contribution in [-0.4, -0.2) is 39.8 Å². The van der Waals surface area contributed by atoms with Crippen molar-refractivity contribution in [3.8, 4) is 0 Å². The Labute approximate surface area is 162 Å². The molecule has 1 amide bonds. The second-order valence-corrected chi connectivity index (χ2v) is 9.02. The van der Waals surface area contributed by atoms with Crippen molar-refractivity contribution in [1.29, 1.82) is 0 Å². The summed E-state index contributed by atoms with van der Waals surface area (Å²) in [6.45, 7) is 0.447. The highest BCUT2D eigenvalue weighted by atomic mass is 32.2. The first kappa shape index (κ1) is 17.3. The van der Waals surface area contributed by atoms with Crippen LogP contribution in [0.3, 0.4) is 0 Å². The van der Waals surface area contributed by atoms with Crippen LogP contribution in [0.4, 0.5) is 5.69 Å². The number of aromatic nitrogens is 3. The second kappa shape index (κ2) is 6.39. The molecule has 8 nitrogen and oxygen atoms in total. The van der Waals surface area contributed by atoms with Gasteiger partial charge in [-0.2, -0.15) is 4.31 Å². The number of rotatable bonds is 3. The summed E-state index contributed by atoms with van der Waals surface area (Å²) >= 11 is 0. The van der Waals surface area contributed by atoms with Crippen LogP contribution in [0.1, 0.15) is 36.7 Å². The van der Waals surface area contributed by atoms with E-state index in [9.17, 15) is 13.2 Å². The molecule has 4 heterocycles. The Morgan fingerprint density at radius 3 is 2.89 bits per heavy atom. The van der Waals surface area contributed by atoms with Gasteiger partial charge in [0.1, 0.15) is 0 Å². The number of carbonyl (C=O) groups excluding carboxylic acids is 1. The van der Waals surface area contributed by atoms with Crippen LogP contribution in [0.5, 0.6) is 0 Å². The third-order valence-electron chi connectivity index (χ3n) is 5.42. The lowest BCUT2D eigenvalue weighted by Gasteiger charge is -2.24. The maximum absolute atomic E-state index is 13.4. The molecule has 5 rings (SSSR count). The van der Waals surface area contributed by atoms with Crippen LogP contribution in [0.25, 0.3) is 5.65 Å². The van der Waals surface area contributed by atoms with Crippen molar-refractivity contribution < 1.29 is 13.2 Å². The molecule has 1 atom stereocenters. The lowest BCUT2D eigenvalue weighted by molar-refractivity contribution is -0.116. The highest BCUT2D eigenvalue weighted by Gasteiger charge is 2.39. The van der Waals surface area contributed by atoms with Crippen molar-refractivity contribution in [3.05, 3.63) is 54.0 Å². The monoisotopic (exact) mass is 397 g/mol. The van der Waals surface area contributed by atoms with E-state index in [1.807, 2.05) is 28.8 Å². The minimum atomic E-state index is -3.69. The fourth-order valence-corrected chi connectivity index (χ4v) is 5.73. The molecule has 2 aromatic heterocycles. The van der Waals surface area contributed by atoms with Crippen molar-refractivity contribution in [3.63, 3.8) is 0 Å². The zero-order valence-electron chi connectivity index (χ0n) is 15.1. The molecule has 0 radical (unpaired) electrons.